The Labute approximate surface area is 220 Å². The average molecular weight is 517 g/mol. The smallest absolute Gasteiger partial charge is 0.298 e. The minimum atomic E-state index is -0.0275. The van der Waals surface area contributed by atoms with E-state index in [4.69, 9.17) is 14.2 Å². The van der Waals surface area contributed by atoms with Crippen molar-refractivity contribution in [1.82, 2.24) is 14.3 Å². The molecule has 1 aliphatic heterocycles. The lowest BCUT2D eigenvalue weighted by Gasteiger charge is -2.36. The summed E-state index contributed by atoms with van der Waals surface area (Å²) in [6.07, 6.45) is 0.636. The van der Waals surface area contributed by atoms with Crippen LogP contribution in [-0.4, -0.2) is 60.6 Å². The van der Waals surface area contributed by atoms with Gasteiger partial charge < -0.3 is 24.0 Å². The number of piperazine rings is 1. The topological polar surface area (TPSA) is 77.0 Å². The van der Waals surface area contributed by atoms with E-state index in [0.717, 1.165) is 30.1 Å². The molecule has 1 amide bonds. The predicted molar refractivity (Wildman–Crippen MR) is 143 cm³/mol. The third-order valence-electron chi connectivity index (χ3n) is 6.27. The second-order valence-corrected chi connectivity index (χ2v) is 9.30. The molecular weight excluding hydrogens is 488 g/mol. The standard InChI is InChI=1S/C28H28N4O4S/c1-34-23-11-9-22(10-12-23)31-14-16-32(17-15-31)27(33)21-8-13-24(25(19-21)35-2)36-28-29-26(30-37-28)18-20-6-4-3-5-7-20/h3-13,19H,14-18H2,1-2H3. The maximum atomic E-state index is 13.2. The van der Waals surface area contributed by atoms with E-state index in [1.54, 1.807) is 32.4 Å². The molecule has 0 bridgehead atoms. The molecule has 1 aromatic heterocycles. The first-order valence-corrected chi connectivity index (χ1v) is 12.8. The zero-order chi connectivity index (χ0) is 25.6. The first-order valence-electron chi connectivity index (χ1n) is 12.0. The first kappa shape index (κ1) is 24.6. The summed E-state index contributed by atoms with van der Waals surface area (Å²) in [6, 6.07) is 23.3. The van der Waals surface area contributed by atoms with E-state index in [9.17, 15) is 4.79 Å². The van der Waals surface area contributed by atoms with Crippen molar-refractivity contribution in [3.05, 3.63) is 89.7 Å². The van der Waals surface area contributed by atoms with Gasteiger partial charge in [0.2, 0.25) is 0 Å². The fourth-order valence-electron chi connectivity index (χ4n) is 4.25. The molecule has 0 unspecified atom stereocenters. The third-order valence-corrected chi connectivity index (χ3v) is 6.90. The third kappa shape index (κ3) is 5.83. The van der Waals surface area contributed by atoms with Crippen molar-refractivity contribution in [2.45, 2.75) is 6.42 Å². The molecule has 9 heteroatoms. The van der Waals surface area contributed by atoms with Crippen molar-refractivity contribution in [2.24, 2.45) is 0 Å². The van der Waals surface area contributed by atoms with Crippen LogP contribution in [0.25, 0.3) is 0 Å². The number of ether oxygens (including phenoxy) is 3. The van der Waals surface area contributed by atoms with Crippen molar-refractivity contribution in [3.8, 4) is 22.4 Å². The van der Waals surface area contributed by atoms with Crippen molar-refractivity contribution in [1.29, 1.82) is 0 Å². The molecule has 1 fully saturated rings. The van der Waals surface area contributed by atoms with Gasteiger partial charge in [0.05, 0.1) is 14.2 Å². The Balaban J connectivity index is 1.21. The molecule has 8 nitrogen and oxygen atoms in total. The minimum Gasteiger partial charge on any atom is -0.497 e. The monoisotopic (exact) mass is 516 g/mol. The van der Waals surface area contributed by atoms with Gasteiger partial charge in [-0.2, -0.15) is 9.36 Å². The quantitative estimate of drug-likeness (QED) is 0.330. The van der Waals surface area contributed by atoms with Gasteiger partial charge in [0.1, 0.15) is 5.75 Å². The van der Waals surface area contributed by atoms with E-state index in [2.05, 4.69) is 14.3 Å². The molecule has 1 saturated heterocycles. The van der Waals surface area contributed by atoms with Crippen LogP contribution in [0.3, 0.4) is 0 Å². The fraction of sp³-hybridized carbons (Fsp3) is 0.250. The number of nitrogens with zero attached hydrogens (tertiary/aromatic N) is 4. The number of rotatable bonds is 8. The van der Waals surface area contributed by atoms with Gasteiger partial charge in [0.25, 0.3) is 11.1 Å². The molecule has 2 heterocycles. The molecular formula is C28H28N4O4S. The Morgan fingerprint density at radius 2 is 1.65 bits per heavy atom. The molecule has 0 spiro atoms. The highest BCUT2D eigenvalue weighted by Gasteiger charge is 2.23. The normalized spacial score (nSPS) is 13.4. The lowest BCUT2D eigenvalue weighted by Crippen LogP contribution is -2.48. The van der Waals surface area contributed by atoms with Crippen LogP contribution >= 0.6 is 11.5 Å². The number of hydrogen-bond donors (Lipinski definition) is 0. The summed E-state index contributed by atoms with van der Waals surface area (Å²) in [4.78, 5) is 21.9. The zero-order valence-electron chi connectivity index (χ0n) is 20.8. The van der Waals surface area contributed by atoms with Crippen molar-refractivity contribution < 1.29 is 19.0 Å². The first-order chi connectivity index (χ1) is 18.1. The number of benzene rings is 3. The van der Waals surface area contributed by atoms with Crippen LogP contribution in [-0.2, 0) is 6.42 Å². The summed E-state index contributed by atoms with van der Waals surface area (Å²) in [5.41, 5.74) is 2.82. The summed E-state index contributed by atoms with van der Waals surface area (Å²) in [5, 5.41) is 0.429. The van der Waals surface area contributed by atoms with Crippen LogP contribution in [0.1, 0.15) is 21.7 Å². The number of carbonyl (C=O) groups is 1. The maximum absolute atomic E-state index is 13.2. The molecule has 3 aromatic carbocycles. The Hall–Kier alpha value is -4.11. The van der Waals surface area contributed by atoms with Gasteiger partial charge in [0, 0.05) is 55.4 Å². The van der Waals surface area contributed by atoms with Gasteiger partial charge in [-0.25, -0.2) is 0 Å². The highest BCUT2D eigenvalue weighted by atomic mass is 32.1. The second-order valence-electron chi connectivity index (χ2n) is 8.58. The summed E-state index contributed by atoms with van der Waals surface area (Å²) < 4.78 is 21.1. The summed E-state index contributed by atoms with van der Waals surface area (Å²) in [6.45, 7) is 2.80. The Morgan fingerprint density at radius 1 is 0.892 bits per heavy atom. The molecule has 4 aromatic rings. The second kappa shape index (κ2) is 11.3. The number of anilines is 1. The molecule has 0 radical (unpaired) electrons. The molecule has 5 rings (SSSR count). The zero-order valence-corrected chi connectivity index (χ0v) is 21.6. The fourth-order valence-corrected chi connectivity index (χ4v) is 4.81. The van der Waals surface area contributed by atoms with Crippen LogP contribution in [0.4, 0.5) is 5.69 Å². The van der Waals surface area contributed by atoms with Crippen LogP contribution in [0.5, 0.6) is 22.4 Å². The van der Waals surface area contributed by atoms with Crippen LogP contribution in [0, 0.1) is 0 Å². The van der Waals surface area contributed by atoms with E-state index < -0.39 is 0 Å². The molecule has 0 aliphatic carbocycles. The van der Waals surface area contributed by atoms with E-state index in [1.165, 1.54) is 11.5 Å². The molecule has 1 aliphatic rings. The van der Waals surface area contributed by atoms with Gasteiger partial charge in [-0.05, 0) is 48.0 Å². The lowest BCUT2D eigenvalue weighted by atomic mass is 10.1. The van der Waals surface area contributed by atoms with Gasteiger partial charge in [-0.1, -0.05) is 30.3 Å². The van der Waals surface area contributed by atoms with E-state index in [1.807, 2.05) is 59.5 Å². The van der Waals surface area contributed by atoms with E-state index in [-0.39, 0.29) is 5.91 Å². The van der Waals surface area contributed by atoms with Gasteiger partial charge >= 0.3 is 0 Å². The van der Waals surface area contributed by atoms with Crippen LogP contribution in [0.15, 0.2) is 72.8 Å². The highest BCUT2D eigenvalue weighted by molar-refractivity contribution is 7.07. The van der Waals surface area contributed by atoms with Crippen molar-refractivity contribution in [2.75, 3.05) is 45.3 Å². The molecule has 0 atom stereocenters. The predicted octanol–water partition coefficient (Wildman–Crippen LogP) is 4.90. The largest absolute Gasteiger partial charge is 0.497 e. The van der Waals surface area contributed by atoms with Crippen LogP contribution in [0.2, 0.25) is 0 Å². The van der Waals surface area contributed by atoms with Gasteiger partial charge in [-0.3, -0.25) is 4.79 Å². The van der Waals surface area contributed by atoms with E-state index in [0.29, 0.717) is 47.6 Å². The summed E-state index contributed by atoms with van der Waals surface area (Å²) >= 11 is 1.19. The van der Waals surface area contributed by atoms with Gasteiger partial charge in [0.15, 0.2) is 17.3 Å². The lowest BCUT2D eigenvalue weighted by molar-refractivity contribution is 0.0746. The molecule has 190 valence electrons. The number of carbonyl (C=O) groups excluding carboxylic acids is 1. The maximum Gasteiger partial charge on any atom is 0.298 e. The number of amides is 1. The minimum absolute atomic E-state index is 0.0275. The van der Waals surface area contributed by atoms with Gasteiger partial charge in [-0.15, -0.1) is 0 Å². The molecule has 0 N–H and O–H groups in total. The van der Waals surface area contributed by atoms with Crippen molar-refractivity contribution >= 4 is 23.1 Å². The number of aromatic nitrogens is 2. The Bertz CT molecular complexity index is 1340. The highest BCUT2D eigenvalue weighted by Crippen LogP contribution is 2.33. The van der Waals surface area contributed by atoms with Crippen molar-refractivity contribution in [3.63, 3.8) is 0 Å². The Morgan fingerprint density at radius 3 is 2.35 bits per heavy atom. The molecule has 37 heavy (non-hydrogen) atoms. The Kier molecular flexibility index (Phi) is 7.51. The SMILES string of the molecule is COc1ccc(N2CCN(C(=O)c3ccc(Oc4nc(Cc5ccccc5)ns4)c(OC)c3)CC2)cc1. The average Bonchev–Trinajstić information content (AvgIpc) is 3.40. The number of methoxy groups -OCH3 is 2. The molecule has 0 saturated carbocycles. The summed E-state index contributed by atoms with van der Waals surface area (Å²) in [5.74, 6) is 2.47. The summed E-state index contributed by atoms with van der Waals surface area (Å²) in [7, 11) is 3.22. The van der Waals surface area contributed by atoms with E-state index >= 15 is 0 Å². The van der Waals surface area contributed by atoms with Crippen LogP contribution < -0.4 is 19.1 Å². The number of hydrogen-bond acceptors (Lipinski definition) is 8.